The van der Waals surface area contributed by atoms with Crippen LogP contribution in [0.25, 0.3) is 11.2 Å². The lowest BCUT2D eigenvalue weighted by Crippen LogP contribution is -2.39. The van der Waals surface area contributed by atoms with Gasteiger partial charge in [-0.2, -0.15) is 0 Å². The molecule has 0 saturated carbocycles. The van der Waals surface area contributed by atoms with E-state index in [0.29, 0.717) is 29.3 Å². The van der Waals surface area contributed by atoms with Gasteiger partial charge in [-0.15, -0.1) is 5.10 Å². The number of fused-ring (bicyclic) bond motifs is 1. The number of rotatable bonds is 4. The van der Waals surface area contributed by atoms with Crippen molar-refractivity contribution in [2.45, 2.75) is 46.7 Å². The maximum atomic E-state index is 5.64. The molecule has 0 aliphatic heterocycles. The van der Waals surface area contributed by atoms with Gasteiger partial charge in [0.05, 0.1) is 28.2 Å². The fourth-order valence-electron chi connectivity index (χ4n) is 2.77. The Labute approximate surface area is 157 Å². The van der Waals surface area contributed by atoms with E-state index in [2.05, 4.69) is 54.8 Å². The number of hydrogen-bond acceptors (Lipinski definition) is 5. The lowest BCUT2D eigenvalue weighted by atomic mass is 10.2. The Morgan fingerprint density at radius 1 is 1.19 bits per heavy atom. The summed E-state index contributed by atoms with van der Waals surface area (Å²) in [7, 11) is 7.56. The molecule has 0 unspecified atom stereocenters. The second kappa shape index (κ2) is 10.1. The van der Waals surface area contributed by atoms with E-state index in [1.807, 2.05) is 49.8 Å². The molecule has 0 saturated heterocycles. The number of amidine groups is 1. The van der Waals surface area contributed by atoms with Crippen LogP contribution in [0.2, 0.25) is 0 Å². The second-order valence-electron chi connectivity index (χ2n) is 6.99. The fraction of sp³-hybridized carbons (Fsp3) is 0.667. The van der Waals surface area contributed by atoms with Crippen LogP contribution in [-0.4, -0.2) is 87.4 Å². The van der Waals surface area contributed by atoms with Gasteiger partial charge in [-0.3, -0.25) is 9.74 Å². The van der Waals surface area contributed by atoms with Gasteiger partial charge in [0, 0.05) is 18.3 Å². The molecule has 0 aliphatic rings. The minimum atomic E-state index is 0.591. The SMILES string of the molecule is CCN(C(C)C)C(C)C.CN(C)C(On1nnc2cccnc21)=[N+](C)C. The molecule has 0 amide bonds. The molecule has 2 aromatic heterocycles. The normalized spacial score (nSPS) is 10.9. The Bertz CT molecular complexity index is 694. The smallest absolute Gasteiger partial charge is 0.299 e. The quantitative estimate of drug-likeness (QED) is 0.466. The maximum Gasteiger partial charge on any atom is 0.472 e. The molecule has 146 valence electrons. The lowest BCUT2D eigenvalue weighted by molar-refractivity contribution is -0.480. The first-order valence-corrected chi connectivity index (χ1v) is 9.01. The molecule has 0 aliphatic carbocycles. The Morgan fingerprint density at radius 2 is 1.81 bits per heavy atom. The summed E-state index contributed by atoms with van der Waals surface area (Å²) in [6.45, 7) is 12.3. The van der Waals surface area contributed by atoms with Gasteiger partial charge < -0.3 is 0 Å². The molecule has 0 N–H and O–H groups in total. The first kappa shape index (κ1) is 21.8. The van der Waals surface area contributed by atoms with Crippen LogP contribution >= 0.6 is 0 Å². The van der Waals surface area contributed by atoms with Crippen LogP contribution in [-0.2, 0) is 0 Å². The minimum absolute atomic E-state index is 0.591. The third-order valence-electron chi connectivity index (χ3n) is 3.81. The lowest BCUT2D eigenvalue weighted by Gasteiger charge is -2.28. The highest BCUT2D eigenvalue weighted by atomic mass is 16.7. The van der Waals surface area contributed by atoms with E-state index in [9.17, 15) is 0 Å². The van der Waals surface area contributed by atoms with Gasteiger partial charge in [0.1, 0.15) is 5.52 Å². The van der Waals surface area contributed by atoms with Crippen LogP contribution in [0.15, 0.2) is 18.3 Å². The highest BCUT2D eigenvalue weighted by molar-refractivity contribution is 5.71. The summed E-state index contributed by atoms with van der Waals surface area (Å²) in [6.07, 6.45) is 1.68. The summed E-state index contributed by atoms with van der Waals surface area (Å²) in [5.74, 6) is 0. The van der Waals surface area contributed by atoms with Gasteiger partial charge in [-0.05, 0) is 56.4 Å². The van der Waals surface area contributed by atoms with Crippen LogP contribution in [0.5, 0.6) is 0 Å². The molecule has 2 rings (SSSR count). The van der Waals surface area contributed by atoms with Crippen molar-refractivity contribution < 1.29 is 9.41 Å². The molecular formula is C18H34N7O+. The Balaban J connectivity index is 0.000000321. The summed E-state index contributed by atoms with van der Waals surface area (Å²) in [5.41, 5.74) is 1.29. The fourth-order valence-corrected chi connectivity index (χ4v) is 2.77. The standard InChI is InChI=1S/C10H15N6O.C8H19N/c1-14(2)10(15(3)4)17-16-9-8(12-13-16)6-5-7-11-9;1-6-9(7(2)3)8(4)5/h5-7H,1-4H3;7-8H,6H2,1-5H3/q+1;. The van der Waals surface area contributed by atoms with E-state index in [0.717, 1.165) is 6.54 Å². The van der Waals surface area contributed by atoms with Crippen molar-refractivity contribution >= 4 is 17.2 Å². The highest BCUT2D eigenvalue weighted by Gasteiger charge is 2.17. The zero-order chi connectivity index (χ0) is 19.9. The summed E-state index contributed by atoms with van der Waals surface area (Å²) in [6, 6.07) is 5.66. The van der Waals surface area contributed by atoms with Gasteiger partial charge in [0.15, 0.2) is 0 Å². The van der Waals surface area contributed by atoms with E-state index >= 15 is 0 Å². The van der Waals surface area contributed by atoms with Gasteiger partial charge >= 0.3 is 6.02 Å². The van der Waals surface area contributed by atoms with Gasteiger partial charge in [-0.1, -0.05) is 6.92 Å². The third-order valence-corrected chi connectivity index (χ3v) is 3.81. The summed E-state index contributed by atoms with van der Waals surface area (Å²) in [4.78, 5) is 15.4. The number of aromatic nitrogens is 4. The van der Waals surface area contributed by atoms with Crippen molar-refractivity contribution in [3.63, 3.8) is 0 Å². The maximum absolute atomic E-state index is 5.64. The molecule has 2 heterocycles. The number of hydrogen-bond donors (Lipinski definition) is 0. The van der Waals surface area contributed by atoms with Crippen molar-refractivity contribution in [1.29, 1.82) is 0 Å². The van der Waals surface area contributed by atoms with Crippen LogP contribution < -0.4 is 4.84 Å². The molecule has 0 aromatic carbocycles. The van der Waals surface area contributed by atoms with Gasteiger partial charge in [-0.25, -0.2) is 14.5 Å². The first-order chi connectivity index (χ1) is 12.2. The van der Waals surface area contributed by atoms with E-state index in [1.54, 1.807) is 6.20 Å². The zero-order valence-electron chi connectivity index (χ0n) is 17.6. The predicted molar refractivity (Wildman–Crippen MR) is 105 cm³/mol. The monoisotopic (exact) mass is 364 g/mol. The molecule has 0 bridgehead atoms. The van der Waals surface area contributed by atoms with E-state index < -0.39 is 0 Å². The first-order valence-electron chi connectivity index (χ1n) is 9.01. The van der Waals surface area contributed by atoms with Gasteiger partial charge in [0.25, 0.3) is 0 Å². The average Bonchev–Trinajstić information content (AvgIpc) is 2.95. The summed E-state index contributed by atoms with van der Waals surface area (Å²) < 4.78 is 1.84. The Morgan fingerprint density at radius 3 is 2.23 bits per heavy atom. The Hall–Kier alpha value is -2.22. The van der Waals surface area contributed by atoms with Crippen LogP contribution in [0.3, 0.4) is 0 Å². The van der Waals surface area contributed by atoms with Gasteiger partial charge in [0.2, 0.25) is 5.65 Å². The molecule has 0 fully saturated rings. The molecule has 8 nitrogen and oxygen atoms in total. The third kappa shape index (κ3) is 5.94. The van der Waals surface area contributed by atoms with Crippen molar-refractivity contribution in [1.82, 2.24) is 29.9 Å². The summed E-state index contributed by atoms with van der Waals surface area (Å²) >= 11 is 0. The Kier molecular flexibility index (Phi) is 8.44. The highest BCUT2D eigenvalue weighted by Crippen LogP contribution is 2.04. The van der Waals surface area contributed by atoms with Crippen molar-refractivity contribution in [2.75, 3.05) is 34.7 Å². The molecule has 2 aromatic rings. The number of nitrogens with zero attached hydrogens (tertiary/aromatic N) is 7. The number of pyridine rings is 1. The van der Waals surface area contributed by atoms with Crippen molar-refractivity contribution in [3.05, 3.63) is 18.3 Å². The molecule has 26 heavy (non-hydrogen) atoms. The zero-order valence-corrected chi connectivity index (χ0v) is 17.6. The minimum Gasteiger partial charge on any atom is -0.299 e. The summed E-state index contributed by atoms with van der Waals surface area (Å²) in [5, 5.41) is 7.87. The van der Waals surface area contributed by atoms with E-state index in [1.165, 1.54) is 4.85 Å². The molecule has 0 atom stereocenters. The van der Waals surface area contributed by atoms with Crippen LogP contribution in [0.1, 0.15) is 34.6 Å². The molecular weight excluding hydrogens is 330 g/mol. The molecule has 0 radical (unpaired) electrons. The van der Waals surface area contributed by atoms with Crippen LogP contribution in [0, 0.1) is 0 Å². The van der Waals surface area contributed by atoms with Crippen molar-refractivity contribution in [2.24, 2.45) is 0 Å². The van der Waals surface area contributed by atoms with Crippen molar-refractivity contribution in [3.8, 4) is 0 Å². The molecule has 8 heteroatoms. The van der Waals surface area contributed by atoms with E-state index in [4.69, 9.17) is 4.84 Å². The van der Waals surface area contributed by atoms with Crippen LogP contribution in [0.4, 0.5) is 0 Å². The van der Waals surface area contributed by atoms with E-state index in [-0.39, 0.29) is 0 Å². The predicted octanol–water partition coefficient (Wildman–Crippen LogP) is 1.57. The average molecular weight is 365 g/mol. The second-order valence-corrected chi connectivity index (χ2v) is 6.99. The molecule has 0 spiro atoms. The largest absolute Gasteiger partial charge is 0.472 e. The topological polar surface area (TPSA) is 62.3 Å².